The lowest BCUT2D eigenvalue weighted by Crippen LogP contribution is -2.34. The molecule has 1 unspecified atom stereocenters. The van der Waals surface area contributed by atoms with Crippen molar-refractivity contribution in [3.05, 3.63) is 36.0 Å². The van der Waals surface area contributed by atoms with E-state index in [4.69, 9.17) is 4.74 Å². The predicted octanol–water partition coefficient (Wildman–Crippen LogP) is 2.02. The van der Waals surface area contributed by atoms with Crippen molar-refractivity contribution >= 4 is 11.9 Å². The molecule has 1 aromatic carbocycles. The minimum Gasteiger partial charge on any atom is -0.497 e. The number of hydrogen-bond acceptors (Lipinski definition) is 4. The van der Waals surface area contributed by atoms with Gasteiger partial charge >= 0.3 is 5.97 Å². The third-order valence-electron chi connectivity index (χ3n) is 4.53. The van der Waals surface area contributed by atoms with Crippen molar-refractivity contribution in [3.63, 3.8) is 0 Å². The van der Waals surface area contributed by atoms with Gasteiger partial charge in [-0.15, -0.1) is 0 Å². The molecule has 2 N–H and O–H groups in total. The molecule has 7 nitrogen and oxygen atoms in total. The summed E-state index contributed by atoms with van der Waals surface area (Å²) in [7, 11) is 1.59. The number of hydrogen-bond donors (Lipinski definition) is 2. The van der Waals surface area contributed by atoms with E-state index in [1.807, 2.05) is 24.3 Å². The molecule has 2 heterocycles. The van der Waals surface area contributed by atoms with Crippen LogP contribution in [-0.2, 0) is 4.79 Å². The highest BCUT2D eigenvalue weighted by molar-refractivity contribution is 6.00. The first-order valence-corrected chi connectivity index (χ1v) is 7.65. The highest BCUT2D eigenvalue weighted by atomic mass is 16.5. The Morgan fingerprint density at radius 2 is 2.04 bits per heavy atom. The van der Waals surface area contributed by atoms with Gasteiger partial charge in [0.2, 0.25) is 0 Å². The summed E-state index contributed by atoms with van der Waals surface area (Å²) in [4.78, 5) is 25.7. The number of aromatic amines is 1. The zero-order chi connectivity index (χ0) is 17.3. The number of carboxylic acid groups (broad SMARTS) is 1. The molecule has 1 fully saturated rings. The summed E-state index contributed by atoms with van der Waals surface area (Å²) in [6.45, 7) is 2.30. The van der Waals surface area contributed by atoms with Crippen LogP contribution in [0.1, 0.15) is 23.7 Å². The first-order valence-electron chi connectivity index (χ1n) is 7.65. The Bertz CT molecular complexity index is 768. The monoisotopic (exact) mass is 329 g/mol. The Balaban J connectivity index is 1.85. The van der Waals surface area contributed by atoms with Crippen LogP contribution in [0.25, 0.3) is 11.3 Å². The molecule has 0 bridgehead atoms. The van der Waals surface area contributed by atoms with Crippen molar-refractivity contribution in [1.82, 2.24) is 15.1 Å². The summed E-state index contributed by atoms with van der Waals surface area (Å²) in [6, 6.07) is 7.30. The molecule has 2 aromatic rings. The number of likely N-dealkylation sites (tertiary alicyclic amines) is 1. The summed E-state index contributed by atoms with van der Waals surface area (Å²) >= 11 is 0. The molecule has 1 amide bonds. The average molecular weight is 329 g/mol. The lowest BCUT2D eigenvalue weighted by Gasteiger charge is -2.20. The molecule has 1 aliphatic heterocycles. The zero-order valence-electron chi connectivity index (χ0n) is 13.6. The SMILES string of the molecule is COc1ccc(-c2[nH]ncc2C(=O)N2CCC(C)(C(=O)O)C2)cc1. The second-order valence-corrected chi connectivity index (χ2v) is 6.23. The van der Waals surface area contributed by atoms with Crippen molar-refractivity contribution in [3.8, 4) is 17.0 Å². The number of carbonyl (C=O) groups is 2. The van der Waals surface area contributed by atoms with Gasteiger partial charge in [-0.05, 0) is 37.6 Å². The molecular weight excluding hydrogens is 310 g/mol. The summed E-state index contributed by atoms with van der Waals surface area (Å²) in [5.41, 5.74) is 0.984. The van der Waals surface area contributed by atoms with Crippen molar-refractivity contribution in [2.45, 2.75) is 13.3 Å². The van der Waals surface area contributed by atoms with E-state index in [0.717, 1.165) is 11.3 Å². The van der Waals surface area contributed by atoms with Gasteiger partial charge in [0.25, 0.3) is 5.91 Å². The number of H-pyrrole nitrogens is 1. The van der Waals surface area contributed by atoms with E-state index < -0.39 is 11.4 Å². The maximum absolute atomic E-state index is 12.8. The zero-order valence-corrected chi connectivity index (χ0v) is 13.6. The predicted molar refractivity (Wildman–Crippen MR) is 86.8 cm³/mol. The van der Waals surface area contributed by atoms with Crippen molar-refractivity contribution in [2.24, 2.45) is 5.41 Å². The van der Waals surface area contributed by atoms with Crippen molar-refractivity contribution < 1.29 is 19.4 Å². The summed E-state index contributed by atoms with van der Waals surface area (Å²) < 4.78 is 5.13. The molecule has 1 saturated heterocycles. The van der Waals surface area contributed by atoms with Crippen LogP contribution >= 0.6 is 0 Å². The van der Waals surface area contributed by atoms with Gasteiger partial charge in [0.15, 0.2) is 0 Å². The second-order valence-electron chi connectivity index (χ2n) is 6.23. The number of aromatic nitrogens is 2. The molecule has 7 heteroatoms. The van der Waals surface area contributed by atoms with E-state index in [9.17, 15) is 14.7 Å². The highest BCUT2D eigenvalue weighted by Crippen LogP contribution is 2.32. The van der Waals surface area contributed by atoms with Gasteiger partial charge in [0, 0.05) is 18.7 Å². The third kappa shape index (κ3) is 2.73. The topological polar surface area (TPSA) is 95.5 Å². The Morgan fingerprint density at radius 1 is 1.33 bits per heavy atom. The molecule has 1 aromatic heterocycles. The van der Waals surface area contributed by atoms with E-state index in [2.05, 4.69) is 10.2 Å². The number of nitrogens with zero attached hydrogens (tertiary/aromatic N) is 2. The van der Waals surface area contributed by atoms with Gasteiger partial charge in [-0.3, -0.25) is 14.7 Å². The van der Waals surface area contributed by atoms with Crippen LogP contribution in [0.2, 0.25) is 0 Å². The maximum atomic E-state index is 12.8. The number of carboxylic acids is 1. The van der Waals surface area contributed by atoms with Gasteiger partial charge in [0.1, 0.15) is 5.75 Å². The van der Waals surface area contributed by atoms with Crippen LogP contribution in [0, 0.1) is 5.41 Å². The Kier molecular flexibility index (Phi) is 4.01. The Morgan fingerprint density at radius 3 is 2.62 bits per heavy atom. The van der Waals surface area contributed by atoms with Crippen LogP contribution in [0.15, 0.2) is 30.5 Å². The number of carbonyl (C=O) groups excluding carboxylic acids is 1. The van der Waals surface area contributed by atoms with Crippen LogP contribution in [0.4, 0.5) is 0 Å². The number of benzene rings is 1. The first-order chi connectivity index (χ1) is 11.4. The summed E-state index contributed by atoms with van der Waals surface area (Å²) in [5.74, 6) is -0.358. The lowest BCUT2D eigenvalue weighted by atomic mass is 9.90. The van der Waals surface area contributed by atoms with E-state index >= 15 is 0 Å². The largest absolute Gasteiger partial charge is 0.497 e. The van der Waals surface area contributed by atoms with E-state index in [1.54, 1.807) is 18.9 Å². The van der Waals surface area contributed by atoms with Crippen molar-refractivity contribution in [1.29, 1.82) is 0 Å². The number of ether oxygens (including phenoxy) is 1. The number of methoxy groups -OCH3 is 1. The Labute approximate surface area is 139 Å². The molecule has 0 aliphatic carbocycles. The van der Waals surface area contributed by atoms with Gasteiger partial charge < -0.3 is 14.7 Å². The van der Waals surface area contributed by atoms with Crippen LogP contribution < -0.4 is 4.74 Å². The van der Waals surface area contributed by atoms with Gasteiger partial charge in [-0.2, -0.15) is 5.10 Å². The fraction of sp³-hybridized carbons (Fsp3) is 0.353. The Hall–Kier alpha value is -2.83. The maximum Gasteiger partial charge on any atom is 0.311 e. The minimum atomic E-state index is -0.889. The number of aliphatic carboxylic acids is 1. The fourth-order valence-corrected chi connectivity index (χ4v) is 2.91. The molecule has 0 saturated carbocycles. The molecule has 0 spiro atoms. The van der Waals surface area contributed by atoms with Gasteiger partial charge in [-0.1, -0.05) is 0 Å². The molecular formula is C17H19N3O4. The molecule has 1 atom stereocenters. The second kappa shape index (κ2) is 5.99. The number of amides is 1. The van der Waals surface area contributed by atoms with E-state index in [0.29, 0.717) is 24.2 Å². The average Bonchev–Trinajstić information content (AvgIpc) is 3.22. The minimum absolute atomic E-state index is 0.203. The molecule has 0 radical (unpaired) electrons. The van der Waals surface area contributed by atoms with Gasteiger partial charge in [-0.25, -0.2) is 0 Å². The lowest BCUT2D eigenvalue weighted by molar-refractivity contribution is -0.147. The highest BCUT2D eigenvalue weighted by Gasteiger charge is 2.42. The number of rotatable bonds is 4. The van der Waals surface area contributed by atoms with E-state index in [1.165, 1.54) is 6.20 Å². The standard InChI is InChI=1S/C17H19N3O4/c1-17(16(22)23)7-8-20(10-17)15(21)13-9-18-19-14(13)11-3-5-12(24-2)6-4-11/h3-6,9H,7-8,10H2,1-2H3,(H,18,19)(H,22,23). The third-order valence-corrected chi connectivity index (χ3v) is 4.53. The van der Waals surface area contributed by atoms with Gasteiger partial charge in [0.05, 0.1) is 30.0 Å². The fourth-order valence-electron chi connectivity index (χ4n) is 2.91. The first kappa shape index (κ1) is 16.0. The molecule has 3 rings (SSSR count). The van der Waals surface area contributed by atoms with Crippen LogP contribution in [0.3, 0.4) is 0 Å². The summed E-state index contributed by atoms with van der Waals surface area (Å²) in [5, 5.41) is 16.2. The number of nitrogens with one attached hydrogen (secondary N) is 1. The quantitative estimate of drug-likeness (QED) is 0.895. The molecule has 1 aliphatic rings. The summed E-state index contributed by atoms with van der Waals surface area (Å²) in [6.07, 6.45) is 1.93. The molecule has 24 heavy (non-hydrogen) atoms. The van der Waals surface area contributed by atoms with Crippen LogP contribution in [0.5, 0.6) is 5.75 Å². The smallest absolute Gasteiger partial charge is 0.311 e. The van der Waals surface area contributed by atoms with Crippen molar-refractivity contribution in [2.75, 3.05) is 20.2 Å². The normalized spacial score (nSPS) is 20.2. The van der Waals surface area contributed by atoms with E-state index in [-0.39, 0.29) is 12.5 Å². The molecule has 126 valence electrons. The van der Waals surface area contributed by atoms with Crippen LogP contribution in [-0.4, -0.2) is 52.3 Å².